The van der Waals surface area contributed by atoms with E-state index in [0.29, 0.717) is 12.6 Å². The molecule has 25 heavy (non-hydrogen) atoms. The summed E-state index contributed by atoms with van der Waals surface area (Å²) in [7, 11) is -3.50. The van der Waals surface area contributed by atoms with Crippen molar-refractivity contribution >= 4 is 22.2 Å². The second kappa shape index (κ2) is 16.4. The minimum Gasteiger partial charge on any atom is -0.477 e. The molecule has 0 aromatic carbocycles. The van der Waals surface area contributed by atoms with Gasteiger partial charge in [-0.25, -0.2) is 18.0 Å². The fourth-order valence-electron chi connectivity index (χ4n) is 2.69. The molecular formula is C18H36N2O4S. The monoisotopic (exact) mass is 376 g/mol. The molecule has 0 amide bonds. The van der Waals surface area contributed by atoms with E-state index in [1.54, 1.807) is 0 Å². The molecule has 0 aliphatic rings. The van der Waals surface area contributed by atoms with Crippen LogP contribution in [0.15, 0.2) is 5.10 Å². The lowest BCUT2D eigenvalue weighted by Gasteiger charge is -2.04. The Hall–Kier alpha value is -1.11. The lowest BCUT2D eigenvalue weighted by atomic mass is 10.0. The van der Waals surface area contributed by atoms with Gasteiger partial charge in [-0.1, -0.05) is 90.4 Å². The van der Waals surface area contributed by atoms with E-state index in [1.165, 1.54) is 64.2 Å². The van der Waals surface area contributed by atoms with Gasteiger partial charge in [0, 0.05) is 0 Å². The molecule has 0 bridgehead atoms. The van der Waals surface area contributed by atoms with Crippen molar-refractivity contribution in [1.29, 1.82) is 0 Å². The highest BCUT2D eigenvalue weighted by molar-refractivity contribution is 7.89. The van der Waals surface area contributed by atoms with Gasteiger partial charge in [0.15, 0.2) is 0 Å². The third-order valence-corrected chi connectivity index (χ3v) is 5.34. The molecule has 0 heterocycles. The minimum atomic E-state index is -3.50. The predicted octanol–water partition coefficient (Wildman–Crippen LogP) is 4.46. The molecule has 148 valence electrons. The standard InChI is InChI=1S/C18H36N2O4S/c1-2-3-4-5-6-7-8-9-10-11-12-13-14-15-16-25(23,24)20-19-17-18(21)22/h17,20H,2-16H2,1H3,(H,21,22). The van der Waals surface area contributed by atoms with Gasteiger partial charge in [0.05, 0.1) is 5.75 Å². The van der Waals surface area contributed by atoms with Crippen LogP contribution in [0.2, 0.25) is 0 Å². The molecule has 0 atom stereocenters. The number of carboxylic acids is 1. The minimum absolute atomic E-state index is 0.0119. The van der Waals surface area contributed by atoms with Crippen LogP contribution in [-0.2, 0) is 14.8 Å². The molecule has 0 spiro atoms. The molecule has 0 aliphatic carbocycles. The molecule has 2 N–H and O–H groups in total. The normalized spacial score (nSPS) is 11.9. The fraction of sp³-hybridized carbons (Fsp3) is 0.889. The molecule has 0 aliphatic heterocycles. The second-order valence-corrected chi connectivity index (χ2v) is 8.42. The van der Waals surface area contributed by atoms with Crippen LogP contribution in [0.25, 0.3) is 0 Å². The van der Waals surface area contributed by atoms with E-state index < -0.39 is 16.0 Å². The molecule has 6 nitrogen and oxygen atoms in total. The summed E-state index contributed by atoms with van der Waals surface area (Å²) in [6.45, 7) is 2.24. The van der Waals surface area contributed by atoms with Crippen molar-refractivity contribution in [3.8, 4) is 0 Å². The van der Waals surface area contributed by atoms with Gasteiger partial charge in [0.1, 0.15) is 6.21 Å². The highest BCUT2D eigenvalue weighted by Crippen LogP contribution is 2.13. The maximum atomic E-state index is 11.5. The predicted molar refractivity (Wildman–Crippen MR) is 103 cm³/mol. The first-order valence-electron chi connectivity index (χ1n) is 9.73. The van der Waals surface area contributed by atoms with Crippen LogP contribution in [0, 0.1) is 0 Å². The zero-order valence-electron chi connectivity index (χ0n) is 15.7. The lowest BCUT2D eigenvalue weighted by Crippen LogP contribution is -2.22. The van der Waals surface area contributed by atoms with Crippen molar-refractivity contribution in [1.82, 2.24) is 4.83 Å². The average molecular weight is 377 g/mol. The van der Waals surface area contributed by atoms with Gasteiger partial charge in [-0.05, 0) is 6.42 Å². The maximum Gasteiger partial charge on any atom is 0.348 e. The Kier molecular flexibility index (Phi) is 15.6. The number of hydrogen-bond acceptors (Lipinski definition) is 4. The third kappa shape index (κ3) is 19.1. The largest absolute Gasteiger partial charge is 0.477 e. The lowest BCUT2D eigenvalue weighted by molar-refractivity contribution is -0.128. The summed E-state index contributed by atoms with van der Waals surface area (Å²) in [5.41, 5.74) is 0. The Morgan fingerprint density at radius 2 is 1.24 bits per heavy atom. The summed E-state index contributed by atoms with van der Waals surface area (Å²) in [6.07, 6.45) is 17.5. The molecule has 0 rings (SSSR count). The number of nitrogens with zero attached hydrogens (tertiary/aromatic N) is 1. The molecule has 0 aromatic rings. The van der Waals surface area contributed by atoms with Crippen LogP contribution < -0.4 is 4.83 Å². The van der Waals surface area contributed by atoms with E-state index in [2.05, 4.69) is 12.0 Å². The average Bonchev–Trinajstić information content (AvgIpc) is 2.54. The summed E-state index contributed by atoms with van der Waals surface area (Å²) in [5, 5.41) is 11.5. The van der Waals surface area contributed by atoms with Gasteiger partial charge in [0.25, 0.3) is 0 Å². The summed E-state index contributed by atoms with van der Waals surface area (Å²) < 4.78 is 23.0. The fourth-order valence-corrected chi connectivity index (χ4v) is 3.58. The highest BCUT2D eigenvalue weighted by Gasteiger charge is 2.07. The number of carbonyl (C=O) groups is 1. The number of carboxylic acid groups (broad SMARTS) is 1. The van der Waals surface area contributed by atoms with Crippen molar-refractivity contribution in [3.05, 3.63) is 0 Å². The molecule has 0 saturated heterocycles. The Bertz CT molecular complexity index is 450. The van der Waals surface area contributed by atoms with Gasteiger partial charge in [-0.2, -0.15) is 5.10 Å². The molecule has 0 fully saturated rings. The van der Waals surface area contributed by atoms with Gasteiger partial charge >= 0.3 is 5.97 Å². The number of aliphatic carboxylic acids is 1. The molecule has 0 radical (unpaired) electrons. The highest BCUT2D eigenvalue weighted by atomic mass is 32.2. The summed E-state index contributed by atoms with van der Waals surface area (Å²) in [5.74, 6) is -1.29. The van der Waals surface area contributed by atoms with Gasteiger partial charge in [-0.3, -0.25) is 0 Å². The van der Waals surface area contributed by atoms with E-state index >= 15 is 0 Å². The number of hydrazone groups is 1. The number of sulfonamides is 1. The van der Waals surface area contributed by atoms with Crippen LogP contribution in [0.1, 0.15) is 96.8 Å². The number of unbranched alkanes of at least 4 members (excludes halogenated alkanes) is 13. The Morgan fingerprint density at radius 1 is 0.840 bits per heavy atom. The molecule has 0 saturated carbocycles. The zero-order valence-corrected chi connectivity index (χ0v) is 16.5. The van der Waals surface area contributed by atoms with E-state index in [1.807, 2.05) is 4.83 Å². The van der Waals surface area contributed by atoms with Crippen molar-refractivity contribution < 1.29 is 18.3 Å². The van der Waals surface area contributed by atoms with Crippen LogP contribution in [-0.4, -0.2) is 31.5 Å². The van der Waals surface area contributed by atoms with Crippen LogP contribution in [0.4, 0.5) is 0 Å². The Balaban J connectivity index is 3.34. The van der Waals surface area contributed by atoms with E-state index in [0.717, 1.165) is 19.3 Å². The molecular weight excluding hydrogens is 340 g/mol. The van der Waals surface area contributed by atoms with Crippen molar-refractivity contribution in [2.45, 2.75) is 96.8 Å². The maximum absolute atomic E-state index is 11.5. The first-order valence-corrected chi connectivity index (χ1v) is 11.4. The van der Waals surface area contributed by atoms with E-state index in [9.17, 15) is 13.2 Å². The van der Waals surface area contributed by atoms with Crippen LogP contribution in [0.5, 0.6) is 0 Å². The molecule has 0 unspecified atom stereocenters. The summed E-state index contributed by atoms with van der Waals surface area (Å²) >= 11 is 0. The summed E-state index contributed by atoms with van der Waals surface area (Å²) in [6, 6.07) is 0. The van der Waals surface area contributed by atoms with Crippen LogP contribution in [0.3, 0.4) is 0 Å². The SMILES string of the molecule is CCCCCCCCCCCCCCCCS(=O)(=O)NN=CC(=O)O. The second-order valence-electron chi connectivity index (χ2n) is 6.60. The summed E-state index contributed by atoms with van der Waals surface area (Å²) in [4.78, 5) is 12.1. The van der Waals surface area contributed by atoms with E-state index in [-0.39, 0.29) is 5.75 Å². The van der Waals surface area contributed by atoms with Gasteiger partial charge in [-0.15, -0.1) is 0 Å². The van der Waals surface area contributed by atoms with E-state index in [4.69, 9.17) is 5.11 Å². The van der Waals surface area contributed by atoms with Crippen molar-refractivity contribution in [2.24, 2.45) is 5.10 Å². The zero-order chi connectivity index (χ0) is 18.8. The van der Waals surface area contributed by atoms with Crippen molar-refractivity contribution in [2.75, 3.05) is 5.75 Å². The smallest absolute Gasteiger partial charge is 0.348 e. The molecule has 0 aromatic heterocycles. The number of rotatable bonds is 18. The van der Waals surface area contributed by atoms with Gasteiger partial charge in [0.2, 0.25) is 10.0 Å². The van der Waals surface area contributed by atoms with Crippen LogP contribution >= 0.6 is 0 Å². The molecule has 7 heteroatoms. The first kappa shape index (κ1) is 23.9. The number of hydrogen-bond donors (Lipinski definition) is 2. The first-order chi connectivity index (χ1) is 12.0. The third-order valence-electron chi connectivity index (χ3n) is 4.13. The van der Waals surface area contributed by atoms with Gasteiger partial charge < -0.3 is 5.11 Å². The Morgan fingerprint density at radius 3 is 1.64 bits per heavy atom. The Labute approximate surface area is 153 Å². The number of nitrogens with one attached hydrogen (secondary N) is 1. The topological polar surface area (TPSA) is 95.8 Å². The quantitative estimate of drug-likeness (QED) is 0.210. The van der Waals surface area contributed by atoms with Crippen molar-refractivity contribution in [3.63, 3.8) is 0 Å².